The average Bonchev–Trinajstić information content (AvgIpc) is 2.77. The van der Waals surface area contributed by atoms with Gasteiger partial charge in [-0.25, -0.2) is 0 Å². The van der Waals surface area contributed by atoms with Crippen LogP contribution in [0.15, 0.2) is 12.1 Å². The lowest BCUT2D eigenvalue weighted by molar-refractivity contribution is 0.256. The van der Waals surface area contributed by atoms with Crippen molar-refractivity contribution in [1.82, 2.24) is 10.2 Å². The van der Waals surface area contributed by atoms with Gasteiger partial charge >= 0.3 is 0 Å². The van der Waals surface area contributed by atoms with Crippen molar-refractivity contribution >= 4 is 23.1 Å². The minimum atomic E-state index is 0.714. The highest BCUT2D eigenvalue weighted by molar-refractivity contribution is 7.98. The number of hydrogen-bond acceptors (Lipinski definition) is 4. The fourth-order valence-corrected chi connectivity index (χ4v) is 3.71. The quantitative estimate of drug-likeness (QED) is 0.702. The lowest BCUT2D eigenvalue weighted by Gasteiger charge is -2.26. The largest absolute Gasteiger partial charge is 0.311 e. The summed E-state index contributed by atoms with van der Waals surface area (Å²) in [7, 11) is 2.24. The molecule has 104 valence electrons. The van der Waals surface area contributed by atoms with Gasteiger partial charge in [-0.2, -0.15) is 11.8 Å². The standard InChI is InChI=1S/C14H26N2S2/c1-5-13(11-17-4)16(3)9-8-15-10-14-7-6-12(2)18-14/h6-7,13,15H,5,8-11H2,1-4H3. The summed E-state index contributed by atoms with van der Waals surface area (Å²) in [5, 5.41) is 3.53. The van der Waals surface area contributed by atoms with Crippen molar-refractivity contribution in [3.8, 4) is 0 Å². The van der Waals surface area contributed by atoms with Crippen LogP contribution in [0.3, 0.4) is 0 Å². The Morgan fingerprint density at radius 2 is 2.22 bits per heavy atom. The third-order valence-corrected chi connectivity index (χ3v) is 4.91. The highest BCUT2D eigenvalue weighted by atomic mass is 32.2. The zero-order chi connectivity index (χ0) is 13.4. The highest BCUT2D eigenvalue weighted by Crippen LogP contribution is 2.14. The molecule has 1 unspecified atom stereocenters. The van der Waals surface area contributed by atoms with Gasteiger partial charge in [0.2, 0.25) is 0 Å². The van der Waals surface area contributed by atoms with E-state index in [-0.39, 0.29) is 0 Å². The molecule has 1 aromatic rings. The van der Waals surface area contributed by atoms with Crippen LogP contribution in [0.1, 0.15) is 23.1 Å². The second-order valence-corrected chi connectivity index (χ2v) is 6.97. The molecular weight excluding hydrogens is 260 g/mol. The number of thioether (sulfide) groups is 1. The number of thiophene rings is 1. The summed E-state index contributed by atoms with van der Waals surface area (Å²) in [6.07, 6.45) is 3.43. The molecule has 0 radical (unpaired) electrons. The first-order chi connectivity index (χ1) is 8.67. The lowest BCUT2D eigenvalue weighted by Crippen LogP contribution is -2.38. The number of nitrogens with zero attached hydrogens (tertiary/aromatic N) is 1. The van der Waals surface area contributed by atoms with Gasteiger partial charge in [0.25, 0.3) is 0 Å². The van der Waals surface area contributed by atoms with Gasteiger partial charge in [-0.3, -0.25) is 0 Å². The molecule has 0 aromatic carbocycles. The zero-order valence-electron chi connectivity index (χ0n) is 12.0. The molecule has 4 heteroatoms. The van der Waals surface area contributed by atoms with E-state index >= 15 is 0 Å². The van der Waals surface area contributed by atoms with Crippen LogP contribution in [-0.4, -0.2) is 43.1 Å². The Balaban J connectivity index is 2.16. The van der Waals surface area contributed by atoms with Crippen LogP contribution in [0.2, 0.25) is 0 Å². The van der Waals surface area contributed by atoms with Crippen molar-refractivity contribution in [1.29, 1.82) is 0 Å². The topological polar surface area (TPSA) is 15.3 Å². The van der Waals surface area contributed by atoms with Crippen molar-refractivity contribution in [2.75, 3.05) is 32.1 Å². The summed E-state index contributed by atoms with van der Waals surface area (Å²) >= 11 is 3.83. The van der Waals surface area contributed by atoms with E-state index in [1.165, 1.54) is 21.9 Å². The van der Waals surface area contributed by atoms with Crippen LogP contribution in [0.25, 0.3) is 0 Å². The van der Waals surface area contributed by atoms with Gasteiger partial charge in [0.1, 0.15) is 0 Å². The summed E-state index contributed by atoms with van der Waals surface area (Å²) in [4.78, 5) is 5.31. The number of aryl methyl sites for hydroxylation is 1. The van der Waals surface area contributed by atoms with Crippen LogP contribution >= 0.6 is 23.1 Å². The lowest BCUT2D eigenvalue weighted by atomic mass is 10.2. The van der Waals surface area contributed by atoms with E-state index in [2.05, 4.69) is 49.5 Å². The van der Waals surface area contributed by atoms with E-state index < -0.39 is 0 Å². The average molecular weight is 287 g/mol. The van der Waals surface area contributed by atoms with Gasteiger partial charge in [0, 0.05) is 41.2 Å². The smallest absolute Gasteiger partial charge is 0.0300 e. The van der Waals surface area contributed by atoms with E-state index in [9.17, 15) is 0 Å². The summed E-state index contributed by atoms with van der Waals surface area (Å²) in [5.74, 6) is 1.23. The molecule has 0 bridgehead atoms. The second kappa shape index (κ2) is 8.97. The van der Waals surface area contributed by atoms with E-state index in [4.69, 9.17) is 0 Å². The van der Waals surface area contributed by atoms with E-state index in [1.807, 2.05) is 23.1 Å². The van der Waals surface area contributed by atoms with Gasteiger partial charge < -0.3 is 10.2 Å². The fourth-order valence-electron chi connectivity index (χ4n) is 1.98. The molecule has 0 aliphatic heterocycles. The molecule has 18 heavy (non-hydrogen) atoms. The summed E-state index contributed by atoms with van der Waals surface area (Å²) < 4.78 is 0. The molecule has 1 heterocycles. The van der Waals surface area contributed by atoms with Gasteiger partial charge in [0.05, 0.1) is 0 Å². The Morgan fingerprint density at radius 3 is 2.78 bits per heavy atom. The second-order valence-electron chi connectivity index (χ2n) is 4.69. The maximum atomic E-state index is 3.53. The molecule has 0 aliphatic rings. The predicted molar refractivity (Wildman–Crippen MR) is 85.9 cm³/mol. The SMILES string of the molecule is CCC(CSC)N(C)CCNCc1ccc(C)s1. The molecule has 1 atom stereocenters. The first kappa shape index (κ1) is 16.0. The first-order valence-corrected chi connectivity index (χ1v) is 8.83. The Hall–Kier alpha value is -0.0300. The summed E-state index contributed by atoms with van der Waals surface area (Å²) in [6, 6.07) is 5.13. The number of hydrogen-bond donors (Lipinski definition) is 1. The Bertz CT molecular complexity index is 325. The van der Waals surface area contributed by atoms with E-state index in [0.717, 1.165) is 19.6 Å². The fraction of sp³-hybridized carbons (Fsp3) is 0.714. The normalized spacial score (nSPS) is 13.2. The Morgan fingerprint density at radius 1 is 1.44 bits per heavy atom. The maximum Gasteiger partial charge on any atom is 0.0300 e. The minimum Gasteiger partial charge on any atom is -0.311 e. The van der Waals surface area contributed by atoms with E-state index in [0.29, 0.717) is 6.04 Å². The minimum absolute atomic E-state index is 0.714. The van der Waals surface area contributed by atoms with Crippen molar-refractivity contribution in [2.45, 2.75) is 32.9 Å². The molecule has 0 fully saturated rings. The predicted octanol–water partition coefficient (Wildman–Crippen LogP) is 3.22. The third kappa shape index (κ3) is 5.74. The van der Waals surface area contributed by atoms with Crippen LogP contribution in [0.5, 0.6) is 0 Å². The monoisotopic (exact) mass is 286 g/mol. The number of rotatable bonds is 9. The van der Waals surface area contributed by atoms with Gasteiger partial charge in [0.15, 0.2) is 0 Å². The van der Waals surface area contributed by atoms with Crippen molar-refractivity contribution in [2.24, 2.45) is 0 Å². The number of nitrogens with one attached hydrogen (secondary N) is 1. The number of likely N-dealkylation sites (N-methyl/N-ethyl adjacent to an activating group) is 1. The van der Waals surface area contributed by atoms with Crippen LogP contribution in [0, 0.1) is 6.92 Å². The van der Waals surface area contributed by atoms with Crippen LogP contribution in [0.4, 0.5) is 0 Å². The molecule has 2 nitrogen and oxygen atoms in total. The molecular formula is C14H26N2S2. The molecule has 0 spiro atoms. The molecule has 0 saturated heterocycles. The molecule has 1 N–H and O–H groups in total. The van der Waals surface area contributed by atoms with E-state index in [1.54, 1.807) is 0 Å². The van der Waals surface area contributed by atoms with Gasteiger partial charge in [-0.15, -0.1) is 11.3 Å². The van der Waals surface area contributed by atoms with Crippen molar-refractivity contribution in [3.05, 3.63) is 21.9 Å². The molecule has 0 aliphatic carbocycles. The summed E-state index contributed by atoms with van der Waals surface area (Å²) in [5.41, 5.74) is 0. The van der Waals surface area contributed by atoms with Crippen LogP contribution in [-0.2, 0) is 6.54 Å². The Kier molecular flexibility index (Phi) is 7.98. The first-order valence-electron chi connectivity index (χ1n) is 6.62. The highest BCUT2D eigenvalue weighted by Gasteiger charge is 2.10. The molecule has 1 aromatic heterocycles. The van der Waals surface area contributed by atoms with Crippen molar-refractivity contribution < 1.29 is 0 Å². The van der Waals surface area contributed by atoms with Crippen LogP contribution < -0.4 is 5.32 Å². The van der Waals surface area contributed by atoms with Gasteiger partial charge in [-0.1, -0.05) is 6.92 Å². The zero-order valence-corrected chi connectivity index (χ0v) is 13.7. The summed E-state index contributed by atoms with van der Waals surface area (Å²) in [6.45, 7) is 7.64. The van der Waals surface area contributed by atoms with Crippen molar-refractivity contribution in [3.63, 3.8) is 0 Å². The molecule has 0 saturated carbocycles. The third-order valence-electron chi connectivity index (χ3n) is 3.19. The molecule has 1 rings (SSSR count). The molecule has 0 amide bonds. The Labute approximate surface area is 120 Å². The maximum absolute atomic E-state index is 3.53. The van der Waals surface area contributed by atoms with Gasteiger partial charge in [-0.05, 0) is 38.8 Å².